The van der Waals surface area contributed by atoms with Gasteiger partial charge in [-0.05, 0) is 18.2 Å². The topological polar surface area (TPSA) is 61.9 Å². The number of halogens is 5. The van der Waals surface area contributed by atoms with Gasteiger partial charge in [-0.15, -0.1) is 0 Å². The molecular weight excluding hydrogens is 440 g/mol. The van der Waals surface area contributed by atoms with Gasteiger partial charge in [0.15, 0.2) is 0 Å². The molecule has 2 aromatic heterocycles. The van der Waals surface area contributed by atoms with E-state index in [1.165, 1.54) is 18.3 Å². The average molecular weight is 455 g/mol. The Morgan fingerprint density at radius 3 is 2.60 bits per heavy atom. The van der Waals surface area contributed by atoms with E-state index in [0.29, 0.717) is 53.1 Å². The molecular formula is C20H15Cl2F3N4O. The van der Waals surface area contributed by atoms with E-state index in [-0.39, 0.29) is 11.4 Å². The molecule has 156 valence electrons. The van der Waals surface area contributed by atoms with Gasteiger partial charge in [0.1, 0.15) is 11.0 Å². The summed E-state index contributed by atoms with van der Waals surface area (Å²) in [4.78, 5) is 25.9. The Kier molecular flexibility index (Phi) is 5.57. The van der Waals surface area contributed by atoms with Crippen LogP contribution in [0.15, 0.2) is 41.3 Å². The van der Waals surface area contributed by atoms with Crippen molar-refractivity contribution in [2.24, 2.45) is 0 Å². The lowest BCUT2D eigenvalue weighted by Gasteiger charge is -2.28. The molecule has 1 aliphatic heterocycles. The molecule has 5 nitrogen and oxygen atoms in total. The Labute approximate surface area is 179 Å². The molecule has 0 unspecified atom stereocenters. The van der Waals surface area contributed by atoms with Crippen LogP contribution in [0.25, 0.3) is 11.4 Å². The first kappa shape index (κ1) is 20.8. The van der Waals surface area contributed by atoms with E-state index in [2.05, 4.69) is 15.0 Å². The molecule has 0 radical (unpaired) electrons. The molecule has 4 rings (SSSR count). The lowest BCUT2D eigenvalue weighted by Crippen LogP contribution is -2.35. The third-order valence-electron chi connectivity index (χ3n) is 4.91. The van der Waals surface area contributed by atoms with Gasteiger partial charge in [-0.2, -0.15) is 13.2 Å². The van der Waals surface area contributed by atoms with E-state index in [9.17, 15) is 18.0 Å². The highest BCUT2D eigenvalue weighted by atomic mass is 35.5. The fraction of sp³-hybridized carbons (Fsp3) is 0.250. The van der Waals surface area contributed by atoms with E-state index in [1.54, 1.807) is 6.07 Å². The van der Waals surface area contributed by atoms with E-state index in [0.717, 1.165) is 17.7 Å². The predicted molar refractivity (Wildman–Crippen MR) is 107 cm³/mol. The average Bonchev–Trinajstić information content (AvgIpc) is 2.70. The van der Waals surface area contributed by atoms with Gasteiger partial charge >= 0.3 is 6.18 Å². The predicted octanol–water partition coefficient (Wildman–Crippen LogP) is 4.72. The summed E-state index contributed by atoms with van der Waals surface area (Å²) < 4.78 is 38.3. The highest BCUT2D eigenvalue weighted by Gasteiger charge is 2.30. The monoisotopic (exact) mass is 454 g/mol. The second-order valence-electron chi connectivity index (χ2n) is 6.98. The SMILES string of the molecule is O=c1[nH]c(-c2ccc(C(F)(F)F)cc2)nc2c1CN(Cc1cc(Cl)cnc1Cl)CC2. The third-order valence-corrected chi connectivity index (χ3v) is 5.45. The number of hydrogen-bond donors (Lipinski definition) is 1. The Morgan fingerprint density at radius 1 is 1.17 bits per heavy atom. The number of rotatable bonds is 3. The summed E-state index contributed by atoms with van der Waals surface area (Å²) in [5.41, 5.74) is 1.29. The number of nitrogens with one attached hydrogen (secondary N) is 1. The molecule has 0 bridgehead atoms. The first-order valence-electron chi connectivity index (χ1n) is 9.02. The molecule has 0 fully saturated rings. The van der Waals surface area contributed by atoms with Crippen molar-refractivity contribution in [1.29, 1.82) is 0 Å². The van der Waals surface area contributed by atoms with Gasteiger partial charge in [-0.3, -0.25) is 9.69 Å². The summed E-state index contributed by atoms with van der Waals surface area (Å²) in [7, 11) is 0. The molecule has 0 spiro atoms. The minimum atomic E-state index is -4.42. The van der Waals surface area contributed by atoms with Crippen molar-refractivity contribution >= 4 is 23.2 Å². The quantitative estimate of drug-likeness (QED) is 0.581. The van der Waals surface area contributed by atoms with Crippen LogP contribution in [0.4, 0.5) is 13.2 Å². The fourth-order valence-corrected chi connectivity index (χ4v) is 3.73. The number of aromatic amines is 1. The Morgan fingerprint density at radius 2 is 1.90 bits per heavy atom. The highest BCUT2D eigenvalue weighted by molar-refractivity contribution is 6.32. The van der Waals surface area contributed by atoms with Crippen LogP contribution in [-0.4, -0.2) is 26.4 Å². The van der Waals surface area contributed by atoms with Gasteiger partial charge in [0, 0.05) is 43.4 Å². The van der Waals surface area contributed by atoms with E-state index in [4.69, 9.17) is 23.2 Å². The summed E-state index contributed by atoms with van der Waals surface area (Å²) >= 11 is 12.1. The van der Waals surface area contributed by atoms with Crippen LogP contribution in [0, 0.1) is 0 Å². The maximum atomic E-state index is 12.8. The minimum absolute atomic E-state index is 0.253. The zero-order valence-corrected chi connectivity index (χ0v) is 16.9. The van der Waals surface area contributed by atoms with Gasteiger partial charge in [-0.25, -0.2) is 9.97 Å². The zero-order chi connectivity index (χ0) is 21.5. The lowest BCUT2D eigenvalue weighted by atomic mass is 10.1. The standard InChI is InChI=1S/C20H15Cl2F3N4O/c21-14-7-12(17(22)26-8-14)9-29-6-5-16-15(10-29)19(30)28-18(27-16)11-1-3-13(4-2-11)20(23,24)25/h1-4,7-8H,5-6,9-10H2,(H,27,28,30). The fourth-order valence-electron chi connectivity index (χ4n) is 3.39. The second kappa shape index (κ2) is 8.02. The van der Waals surface area contributed by atoms with Crippen LogP contribution in [-0.2, 0) is 25.7 Å². The Bertz CT molecular complexity index is 1150. The highest BCUT2D eigenvalue weighted by Crippen LogP contribution is 2.30. The molecule has 1 aliphatic rings. The van der Waals surface area contributed by atoms with Crippen LogP contribution in [0.1, 0.15) is 22.4 Å². The van der Waals surface area contributed by atoms with Crippen LogP contribution in [0.2, 0.25) is 10.2 Å². The van der Waals surface area contributed by atoms with Crippen molar-refractivity contribution in [3.8, 4) is 11.4 Å². The van der Waals surface area contributed by atoms with E-state index < -0.39 is 11.7 Å². The Hall–Kier alpha value is -2.42. The molecule has 0 amide bonds. The summed E-state index contributed by atoms with van der Waals surface area (Å²) in [6.07, 6.45) is -2.42. The van der Waals surface area contributed by atoms with Crippen LogP contribution in [0.3, 0.4) is 0 Å². The number of aromatic nitrogens is 3. The number of pyridine rings is 1. The molecule has 3 heterocycles. The van der Waals surface area contributed by atoms with Crippen molar-refractivity contribution in [2.75, 3.05) is 6.54 Å². The first-order chi connectivity index (χ1) is 14.2. The maximum Gasteiger partial charge on any atom is 0.416 e. The molecule has 1 aromatic carbocycles. The van der Waals surface area contributed by atoms with Crippen LogP contribution >= 0.6 is 23.2 Å². The summed E-state index contributed by atoms with van der Waals surface area (Å²) in [6.45, 7) is 1.48. The van der Waals surface area contributed by atoms with E-state index in [1.807, 2.05) is 4.90 Å². The van der Waals surface area contributed by atoms with Gasteiger partial charge in [0.25, 0.3) is 5.56 Å². The van der Waals surface area contributed by atoms with Crippen molar-refractivity contribution < 1.29 is 13.2 Å². The van der Waals surface area contributed by atoms with Gasteiger partial charge in [-0.1, -0.05) is 35.3 Å². The van der Waals surface area contributed by atoms with Crippen LogP contribution in [0.5, 0.6) is 0 Å². The number of hydrogen-bond acceptors (Lipinski definition) is 4. The van der Waals surface area contributed by atoms with Crippen molar-refractivity contribution in [3.63, 3.8) is 0 Å². The van der Waals surface area contributed by atoms with Crippen molar-refractivity contribution in [2.45, 2.75) is 25.7 Å². The molecule has 0 saturated carbocycles. The molecule has 30 heavy (non-hydrogen) atoms. The number of fused-ring (bicyclic) bond motifs is 1. The molecule has 1 N–H and O–H groups in total. The number of benzene rings is 1. The second-order valence-corrected chi connectivity index (χ2v) is 7.77. The van der Waals surface area contributed by atoms with Crippen molar-refractivity contribution in [3.05, 3.63) is 79.4 Å². The third kappa shape index (κ3) is 4.35. The summed E-state index contributed by atoms with van der Waals surface area (Å²) in [5, 5.41) is 0.836. The number of nitrogens with zero attached hydrogens (tertiary/aromatic N) is 3. The molecule has 3 aromatic rings. The van der Waals surface area contributed by atoms with Crippen LogP contribution < -0.4 is 5.56 Å². The van der Waals surface area contributed by atoms with Crippen molar-refractivity contribution in [1.82, 2.24) is 19.9 Å². The number of H-pyrrole nitrogens is 1. The number of alkyl halides is 3. The normalized spacial score (nSPS) is 14.6. The Balaban J connectivity index is 1.57. The largest absolute Gasteiger partial charge is 0.416 e. The lowest BCUT2D eigenvalue weighted by molar-refractivity contribution is -0.137. The molecule has 0 saturated heterocycles. The van der Waals surface area contributed by atoms with E-state index >= 15 is 0 Å². The summed E-state index contributed by atoms with van der Waals surface area (Å²) in [5.74, 6) is 0.253. The minimum Gasteiger partial charge on any atom is -0.306 e. The molecule has 10 heteroatoms. The van der Waals surface area contributed by atoms with Gasteiger partial charge in [0.2, 0.25) is 0 Å². The smallest absolute Gasteiger partial charge is 0.306 e. The van der Waals surface area contributed by atoms with Gasteiger partial charge in [0.05, 0.1) is 21.8 Å². The maximum absolute atomic E-state index is 12.8. The van der Waals surface area contributed by atoms with Gasteiger partial charge < -0.3 is 4.98 Å². The first-order valence-corrected chi connectivity index (χ1v) is 9.78. The zero-order valence-electron chi connectivity index (χ0n) is 15.4. The summed E-state index contributed by atoms with van der Waals surface area (Å²) in [6, 6.07) is 6.29. The molecule has 0 aliphatic carbocycles. The molecule has 0 atom stereocenters.